The maximum atomic E-state index is 12.1. The van der Waals surface area contributed by atoms with Crippen LogP contribution in [0.4, 0.5) is 0 Å². The zero-order valence-electron chi connectivity index (χ0n) is 9.41. The van der Waals surface area contributed by atoms with Crippen molar-refractivity contribution in [3.63, 3.8) is 0 Å². The predicted octanol–water partition coefficient (Wildman–Crippen LogP) is 2.23. The largest absolute Gasteiger partial charge is 0.376 e. The molecule has 16 heavy (non-hydrogen) atoms. The maximum Gasteiger partial charge on any atom is 0.254 e. The van der Waals surface area contributed by atoms with Crippen LogP contribution in [0.3, 0.4) is 0 Å². The minimum Gasteiger partial charge on any atom is -0.376 e. The molecule has 0 saturated carbocycles. The number of pyridine rings is 1. The van der Waals surface area contributed by atoms with Crippen LogP contribution in [0.15, 0.2) is 16.9 Å². The molecular weight excluding hydrogens is 270 g/mol. The molecule has 0 aromatic carbocycles. The van der Waals surface area contributed by atoms with Gasteiger partial charge in [0.1, 0.15) is 0 Å². The number of rotatable bonds is 3. The number of alkyl halides is 1. The Bertz CT molecular complexity index is 422. The highest BCUT2D eigenvalue weighted by molar-refractivity contribution is 9.08. The van der Waals surface area contributed by atoms with E-state index in [1.54, 1.807) is 0 Å². The van der Waals surface area contributed by atoms with Gasteiger partial charge in [-0.05, 0) is 25.8 Å². The molecule has 1 saturated heterocycles. The van der Waals surface area contributed by atoms with Crippen LogP contribution >= 0.6 is 15.9 Å². The molecule has 1 aromatic rings. The molecule has 1 fully saturated rings. The number of nitrogens with zero attached hydrogens (tertiary/aromatic N) is 1. The van der Waals surface area contributed by atoms with E-state index >= 15 is 0 Å². The number of aryl methyl sites for hydroxylation is 1. The molecule has 1 aliphatic rings. The van der Waals surface area contributed by atoms with Crippen molar-refractivity contribution in [1.29, 1.82) is 0 Å². The van der Waals surface area contributed by atoms with Gasteiger partial charge in [-0.3, -0.25) is 4.79 Å². The third-order valence-electron chi connectivity index (χ3n) is 3.03. The summed E-state index contributed by atoms with van der Waals surface area (Å²) < 4.78 is 7.39. The normalized spacial score (nSPS) is 20.2. The highest BCUT2D eigenvalue weighted by atomic mass is 79.9. The Morgan fingerprint density at radius 2 is 2.38 bits per heavy atom. The lowest BCUT2D eigenvalue weighted by Crippen LogP contribution is -2.29. The quantitative estimate of drug-likeness (QED) is 0.798. The number of ether oxygens (including phenoxy) is 1. The Morgan fingerprint density at radius 3 is 3.00 bits per heavy atom. The van der Waals surface area contributed by atoms with Crippen molar-refractivity contribution in [1.82, 2.24) is 4.57 Å². The van der Waals surface area contributed by atoms with Crippen molar-refractivity contribution in [2.24, 2.45) is 0 Å². The van der Waals surface area contributed by atoms with E-state index in [-0.39, 0.29) is 11.7 Å². The average molecular weight is 286 g/mol. The van der Waals surface area contributed by atoms with Crippen LogP contribution in [0.2, 0.25) is 0 Å². The van der Waals surface area contributed by atoms with Crippen molar-refractivity contribution in [3.8, 4) is 0 Å². The molecule has 0 amide bonds. The molecule has 0 radical (unpaired) electrons. The highest BCUT2D eigenvalue weighted by Gasteiger charge is 2.17. The van der Waals surface area contributed by atoms with E-state index in [0.717, 1.165) is 30.7 Å². The van der Waals surface area contributed by atoms with Crippen molar-refractivity contribution in [2.45, 2.75) is 37.7 Å². The summed E-state index contributed by atoms with van der Waals surface area (Å²) in [5.74, 6) is 0. The van der Waals surface area contributed by atoms with Crippen LogP contribution in [-0.2, 0) is 16.6 Å². The molecule has 4 heteroatoms. The molecular formula is C12H16BrNO2. The number of hydrogen-bond donors (Lipinski definition) is 0. The summed E-state index contributed by atoms with van der Waals surface area (Å²) >= 11 is 3.34. The molecule has 2 rings (SSSR count). The Morgan fingerprint density at radius 1 is 1.56 bits per heavy atom. The van der Waals surface area contributed by atoms with Crippen LogP contribution in [0, 0.1) is 6.92 Å². The molecule has 1 unspecified atom stereocenters. The second-order valence-electron chi connectivity index (χ2n) is 4.18. The molecule has 2 heterocycles. The zero-order valence-corrected chi connectivity index (χ0v) is 11.0. The zero-order chi connectivity index (χ0) is 11.5. The molecule has 1 atom stereocenters. The first kappa shape index (κ1) is 11.9. The fourth-order valence-electron chi connectivity index (χ4n) is 2.04. The Kier molecular flexibility index (Phi) is 3.82. The van der Waals surface area contributed by atoms with E-state index in [0.29, 0.717) is 11.9 Å². The van der Waals surface area contributed by atoms with E-state index < -0.39 is 0 Å². The van der Waals surface area contributed by atoms with Crippen LogP contribution < -0.4 is 5.56 Å². The van der Waals surface area contributed by atoms with E-state index in [1.807, 2.05) is 23.6 Å². The molecule has 0 bridgehead atoms. The predicted molar refractivity (Wildman–Crippen MR) is 67.0 cm³/mol. The first-order valence-electron chi connectivity index (χ1n) is 5.59. The van der Waals surface area contributed by atoms with Crippen molar-refractivity contribution < 1.29 is 4.74 Å². The SMILES string of the molecule is Cc1ccc(CBr)c(=O)n1CC1CCCO1. The molecule has 0 aliphatic carbocycles. The summed E-state index contributed by atoms with van der Waals surface area (Å²) in [6.45, 7) is 3.48. The Hall–Kier alpha value is -0.610. The van der Waals surface area contributed by atoms with Gasteiger partial charge in [0.15, 0.2) is 0 Å². The number of halogens is 1. The maximum absolute atomic E-state index is 12.1. The Labute approximate surface area is 104 Å². The third kappa shape index (κ3) is 2.38. The van der Waals surface area contributed by atoms with Gasteiger partial charge in [-0.2, -0.15) is 0 Å². The van der Waals surface area contributed by atoms with E-state index in [4.69, 9.17) is 4.74 Å². The topological polar surface area (TPSA) is 31.2 Å². The summed E-state index contributed by atoms with van der Waals surface area (Å²) in [4.78, 5) is 12.1. The second-order valence-corrected chi connectivity index (χ2v) is 4.75. The average Bonchev–Trinajstić information content (AvgIpc) is 2.77. The lowest BCUT2D eigenvalue weighted by molar-refractivity contribution is 0.0956. The molecule has 88 valence electrons. The number of aromatic nitrogens is 1. The second kappa shape index (κ2) is 5.15. The van der Waals surface area contributed by atoms with Gasteiger partial charge in [0.2, 0.25) is 0 Å². The van der Waals surface area contributed by atoms with Gasteiger partial charge in [0, 0.05) is 23.2 Å². The van der Waals surface area contributed by atoms with E-state index in [2.05, 4.69) is 15.9 Å². The van der Waals surface area contributed by atoms with Crippen LogP contribution in [-0.4, -0.2) is 17.3 Å². The first-order valence-corrected chi connectivity index (χ1v) is 6.71. The third-order valence-corrected chi connectivity index (χ3v) is 3.63. The van der Waals surface area contributed by atoms with E-state index in [9.17, 15) is 4.79 Å². The van der Waals surface area contributed by atoms with Crippen molar-refractivity contribution in [3.05, 3.63) is 33.7 Å². The smallest absolute Gasteiger partial charge is 0.254 e. The van der Waals surface area contributed by atoms with Gasteiger partial charge in [-0.15, -0.1) is 0 Å². The van der Waals surface area contributed by atoms with Gasteiger partial charge in [-0.25, -0.2) is 0 Å². The molecule has 0 spiro atoms. The standard InChI is InChI=1S/C12H16BrNO2/c1-9-4-5-10(7-13)12(15)14(9)8-11-3-2-6-16-11/h4-5,11H,2-3,6-8H2,1H3. The molecule has 1 aliphatic heterocycles. The molecule has 3 nitrogen and oxygen atoms in total. The van der Waals surface area contributed by atoms with Crippen LogP contribution in [0.25, 0.3) is 0 Å². The summed E-state index contributed by atoms with van der Waals surface area (Å²) in [5, 5.41) is 0.609. The fourth-order valence-corrected chi connectivity index (χ4v) is 2.46. The van der Waals surface area contributed by atoms with Crippen LogP contribution in [0.5, 0.6) is 0 Å². The van der Waals surface area contributed by atoms with Gasteiger partial charge in [0.25, 0.3) is 5.56 Å². The van der Waals surface area contributed by atoms with E-state index in [1.165, 1.54) is 0 Å². The molecule has 0 N–H and O–H groups in total. The first-order chi connectivity index (χ1) is 7.72. The molecule has 1 aromatic heterocycles. The Balaban J connectivity index is 2.27. The van der Waals surface area contributed by atoms with Crippen LogP contribution in [0.1, 0.15) is 24.1 Å². The number of hydrogen-bond acceptors (Lipinski definition) is 2. The van der Waals surface area contributed by atoms with Crippen molar-refractivity contribution >= 4 is 15.9 Å². The summed E-state index contributed by atoms with van der Waals surface area (Å²) in [7, 11) is 0. The fraction of sp³-hybridized carbons (Fsp3) is 0.583. The van der Waals surface area contributed by atoms with Gasteiger partial charge in [-0.1, -0.05) is 22.0 Å². The van der Waals surface area contributed by atoms with Gasteiger partial charge < -0.3 is 9.30 Å². The lowest BCUT2D eigenvalue weighted by atomic mass is 10.2. The minimum absolute atomic E-state index is 0.104. The minimum atomic E-state index is 0.104. The summed E-state index contributed by atoms with van der Waals surface area (Å²) in [6, 6.07) is 3.88. The lowest BCUT2D eigenvalue weighted by Gasteiger charge is -2.15. The highest BCUT2D eigenvalue weighted by Crippen LogP contribution is 2.14. The summed E-state index contributed by atoms with van der Waals surface area (Å²) in [5.41, 5.74) is 1.92. The van der Waals surface area contributed by atoms with Gasteiger partial charge >= 0.3 is 0 Å². The summed E-state index contributed by atoms with van der Waals surface area (Å²) in [6.07, 6.45) is 2.38. The van der Waals surface area contributed by atoms with Crippen molar-refractivity contribution in [2.75, 3.05) is 6.61 Å². The van der Waals surface area contributed by atoms with Gasteiger partial charge in [0.05, 0.1) is 12.6 Å². The monoisotopic (exact) mass is 285 g/mol.